The van der Waals surface area contributed by atoms with Crippen molar-refractivity contribution in [3.8, 4) is 0 Å². The molecule has 0 saturated carbocycles. The highest BCUT2D eigenvalue weighted by Gasteiger charge is 2.04. The molecule has 0 unspecified atom stereocenters. The third-order valence-electron chi connectivity index (χ3n) is 2.13. The number of alkyl halides is 1. The Morgan fingerprint density at radius 2 is 2.33 bits per heavy atom. The Morgan fingerprint density at radius 3 is 2.93 bits per heavy atom. The van der Waals surface area contributed by atoms with Crippen LogP contribution in [-0.2, 0) is 11.8 Å². The normalized spacial score (nSPS) is 10.3. The lowest BCUT2D eigenvalue weighted by molar-refractivity contribution is -0.116. The third-order valence-corrected chi connectivity index (χ3v) is 2.69. The summed E-state index contributed by atoms with van der Waals surface area (Å²) >= 11 is 3.36. The Labute approximate surface area is 98.2 Å². The summed E-state index contributed by atoms with van der Waals surface area (Å²) in [5.41, 5.74) is 0. The lowest BCUT2D eigenvalue weighted by Crippen LogP contribution is -2.13. The average molecular weight is 274 g/mol. The number of aryl methyl sites for hydroxylation is 1. The quantitative estimate of drug-likeness (QED) is 0.639. The van der Waals surface area contributed by atoms with E-state index in [4.69, 9.17) is 0 Å². The minimum absolute atomic E-state index is 0.0631. The fourth-order valence-electron chi connectivity index (χ4n) is 1.26. The second-order valence-corrected chi connectivity index (χ2v) is 4.18. The fraction of sp³-hybridized carbons (Fsp3) is 0.600. The second kappa shape index (κ2) is 6.61. The highest BCUT2D eigenvalue weighted by atomic mass is 79.9. The van der Waals surface area contributed by atoms with Gasteiger partial charge in [0.15, 0.2) is 0 Å². The molecule has 1 aromatic rings. The van der Waals surface area contributed by atoms with Crippen LogP contribution in [0, 0.1) is 0 Å². The van der Waals surface area contributed by atoms with Gasteiger partial charge in [-0.15, -0.1) is 0 Å². The van der Waals surface area contributed by atoms with Crippen molar-refractivity contribution in [2.24, 2.45) is 7.05 Å². The first-order chi connectivity index (χ1) is 7.24. The Hall–Kier alpha value is -0.840. The lowest BCUT2D eigenvalue weighted by Gasteiger charge is -2.04. The van der Waals surface area contributed by atoms with Gasteiger partial charge >= 0.3 is 0 Å². The van der Waals surface area contributed by atoms with E-state index in [1.165, 1.54) is 0 Å². The van der Waals surface area contributed by atoms with Gasteiger partial charge in [-0.05, 0) is 12.8 Å². The standard InChI is InChI=1S/C10H16BrN3O/c1-14-9(6-8-12-14)13-10(15)5-3-2-4-7-11/h6,8H,2-5,7H2,1H3,(H,13,15). The maximum atomic E-state index is 11.5. The summed E-state index contributed by atoms with van der Waals surface area (Å²) in [5.74, 6) is 0.814. The monoisotopic (exact) mass is 273 g/mol. The summed E-state index contributed by atoms with van der Waals surface area (Å²) in [6.45, 7) is 0. The molecule has 4 nitrogen and oxygen atoms in total. The highest BCUT2D eigenvalue weighted by molar-refractivity contribution is 9.09. The SMILES string of the molecule is Cn1nccc1NC(=O)CCCCCBr. The molecule has 0 aliphatic carbocycles. The molecule has 0 fully saturated rings. The number of amides is 1. The van der Waals surface area contributed by atoms with E-state index in [1.807, 2.05) is 0 Å². The van der Waals surface area contributed by atoms with Crippen molar-refractivity contribution in [1.29, 1.82) is 0 Å². The van der Waals surface area contributed by atoms with Crippen LogP contribution >= 0.6 is 15.9 Å². The van der Waals surface area contributed by atoms with Crippen LogP contribution in [-0.4, -0.2) is 21.0 Å². The minimum atomic E-state index is 0.0631. The van der Waals surface area contributed by atoms with Gasteiger partial charge in [-0.2, -0.15) is 5.10 Å². The molecule has 0 saturated heterocycles. The van der Waals surface area contributed by atoms with Crippen molar-refractivity contribution < 1.29 is 4.79 Å². The second-order valence-electron chi connectivity index (χ2n) is 3.39. The van der Waals surface area contributed by atoms with Crippen molar-refractivity contribution in [2.45, 2.75) is 25.7 Å². The van der Waals surface area contributed by atoms with Crippen molar-refractivity contribution in [3.63, 3.8) is 0 Å². The number of nitrogens with zero attached hydrogens (tertiary/aromatic N) is 2. The van der Waals surface area contributed by atoms with Crippen molar-refractivity contribution in [1.82, 2.24) is 9.78 Å². The topological polar surface area (TPSA) is 46.9 Å². The van der Waals surface area contributed by atoms with Crippen molar-refractivity contribution >= 4 is 27.7 Å². The molecule has 0 bridgehead atoms. The first kappa shape index (κ1) is 12.2. The maximum Gasteiger partial charge on any atom is 0.225 e. The lowest BCUT2D eigenvalue weighted by atomic mass is 10.2. The molecule has 0 radical (unpaired) electrons. The van der Waals surface area contributed by atoms with Gasteiger partial charge in [-0.3, -0.25) is 9.48 Å². The summed E-state index contributed by atoms with van der Waals surface area (Å²) in [6, 6.07) is 1.79. The third kappa shape index (κ3) is 4.46. The highest BCUT2D eigenvalue weighted by Crippen LogP contribution is 2.06. The number of aromatic nitrogens is 2. The molecular formula is C10H16BrN3O. The van der Waals surface area contributed by atoms with Gasteiger partial charge in [-0.1, -0.05) is 22.4 Å². The average Bonchev–Trinajstić information content (AvgIpc) is 2.59. The van der Waals surface area contributed by atoms with Gasteiger partial charge in [0.1, 0.15) is 5.82 Å². The summed E-state index contributed by atoms with van der Waals surface area (Å²) < 4.78 is 1.65. The molecule has 1 aromatic heterocycles. The van der Waals surface area contributed by atoms with E-state index in [9.17, 15) is 4.79 Å². The fourth-order valence-corrected chi connectivity index (χ4v) is 1.66. The molecular weight excluding hydrogens is 258 g/mol. The van der Waals surface area contributed by atoms with Crippen LogP contribution in [0.25, 0.3) is 0 Å². The van der Waals surface area contributed by atoms with Gasteiger partial charge in [0.2, 0.25) is 5.91 Å². The van der Waals surface area contributed by atoms with E-state index in [-0.39, 0.29) is 5.91 Å². The first-order valence-corrected chi connectivity index (χ1v) is 6.20. The zero-order valence-electron chi connectivity index (χ0n) is 8.87. The number of unbranched alkanes of at least 4 members (excludes halogenated alkanes) is 2. The predicted molar refractivity (Wildman–Crippen MR) is 64.1 cm³/mol. The molecule has 1 amide bonds. The van der Waals surface area contributed by atoms with Crippen LogP contribution < -0.4 is 5.32 Å². The van der Waals surface area contributed by atoms with E-state index in [0.29, 0.717) is 6.42 Å². The van der Waals surface area contributed by atoms with Gasteiger partial charge < -0.3 is 5.32 Å². The number of nitrogens with one attached hydrogen (secondary N) is 1. The van der Waals surface area contributed by atoms with Gasteiger partial charge in [-0.25, -0.2) is 0 Å². The number of carbonyl (C=O) groups is 1. The zero-order valence-corrected chi connectivity index (χ0v) is 10.5. The number of rotatable bonds is 6. The molecule has 84 valence electrons. The molecule has 15 heavy (non-hydrogen) atoms. The molecule has 0 aliphatic heterocycles. The number of hydrogen-bond donors (Lipinski definition) is 1. The Morgan fingerprint density at radius 1 is 1.53 bits per heavy atom. The molecule has 0 atom stereocenters. The van der Waals surface area contributed by atoms with Gasteiger partial charge in [0, 0.05) is 24.9 Å². The summed E-state index contributed by atoms with van der Waals surface area (Å²) in [7, 11) is 1.81. The molecule has 5 heteroatoms. The molecule has 0 aliphatic rings. The molecule has 1 heterocycles. The van der Waals surface area contributed by atoms with Crippen LogP contribution in [0.4, 0.5) is 5.82 Å². The van der Waals surface area contributed by atoms with E-state index in [0.717, 1.165) is 30.4 Å². The first-order valence-electron chi connectivity index (χ1n) is 5.08. The van der Waals surface area contributed by atoms with Crippen LogP contribution in [0.1, 0.15) is 25.7 Å². The molecule has 0 aromatic carbocycles. The Balaban J connectivity index is 2.22. The van der Waals surface area contributed by atoms with Crippen molar-refractivity contribution in [3.05, 3.63) is 12.3 Å². The smallest absolute Gasteiger partial charge is 0.225 e. The van der Waals surface area contributed by atoms with Crippen LogP contribution in [0.15, 0.2) is 12.3 Å². The van der Waals surface area contributed by atoms with Crippen LogP contribution in [0.3, 0.4) is 0 Å². The van der Waals surface area contributed by atoms with E-state index in [2.05, 4.69) is 26.3 Å². The Kier molecular flexibility index (Phi) is 5.39. The summed E-state index contributed by atoms with van der Waals surface area (Å²) in [5, 5.41) is 7.80. The maximum absolute atomic E-state index is 11.5. The predicted octanol–water partition coefficient (Wildman–Crippen LogP) is 2.31. The van der Waals surface area contributed by atoms with E-state index in [1.54, 1.807) is 24.0 Å². The van der Waals surface area contributed by atoms with E-state index < -0.39 is 0 Å². The van der Waals surface area contributed by atoms with Gasteiger partial charge in [0.25, 0.3) is 0 Å². The largest absolute Gasteiger partial charge is 0.311 e. The molecule has 1 rings (SSSR count). The van der Waals surface area contributed by atoms with E-state index >= 15 is 0 Å². The number of hydrogen-bond acceptors (Lipinski definition) is 2. The minimum Gasteiger partial charge on any atom is -0.311 e. The Bertz CT molecular complexity index is 311. The van der Waals surface area contributed by atoms with Crippen LogP contribution in [0.2, 0.25) is 0 Å². The number of halogens is 1. The zero-order chi connectivity index (χ0) is 11.1. The summed E-state index contributed by atoms with van der Waals surface area (Å²) in [4.78, 5) is 11.5. The van der Waals surface area contributed by atoms with Crippen LogP contribution in [0.5, 0.6) is 0 Å². The summed E-state index contributed by atoms with van der Waals surface area (Å²) in [6.07, 6.45) is 5.40. The number of anilines is 1. The van der Waals surface area contributed by atoms with Crippen molar-refractivity contribution in [2.75, 3.05) is 10.6 Å². The molecule has 0 spiro atoms. The number of carbonyl (C=O) groups excluding carboxylic acids is 1. The van der Waals surface area contributed by atoms with Gasteiger partial charge in [0.05, 0.1) is 6.20 Å². The molecule has 1 N–H and O–H groups in total.